The molecule has 0 saturated heterocycles. The van der Waals surface area contributed by atoms with E-state index in [0.29, 0.717) is 12.8 Å². The predicted octanol–water partition coefficient (Wildman–Crippen LogP) is 4.66. The Labute approximate surface area is 174 Å². The Morgan fingerprint density at radius 1 is 0.793 bits per heavy atom. The third kappa shape index (κ3) is 18.5. The molecule has 0 bridgehead atoms. The number of aliphatic carboxylic acids is 1. The lowest BCUT2D eigenvalue weighted by molar-refractivity contribution is -0.147. The minimum absolute atomic E-state index is 0.0155. The Bertz CT molecular complexity index is 663. The van der Waals surface area contributed by atoms with E-state index in [0.717, 1.165) is 12.0 Å². The molecule has 0 unspecified atom stereocenters. The number of hydrogen-bond donors (Lipinski definition) is 2. The molecule has 2 aromatic carbocycles. The molecule has 0 heterocycles. The maximum Gasteiger partial charge on any atom is 0.306 e. The van der Waals surface area contributed by atoms with Crippen molar-refractivity contribution in [1.82, 2.24) is 0 Å². The molecule has 0 amide bonds. The highest BCUT2D eigenvalue weighted by Gasteiger charge is 2.05. The molecule has 0 fully saturated rings. The van der Waals surface area contributed by atoms with E-state index in [4.69, 9.17) is 14.9 Å². The van der Waals surface area contributed by atoms with Crippen molar-refractivity contribution in [2.45, 2.75) is 65.6 Å². The van der Waals surface area contributed by atoms with Crippen LogP contribution in [0.25, 0.3) is 0 Å². The maximum absolute atomic E-state index is 11.2. The van der Waals surface area contributed by atoms with Crippen LogP contribution in [0.1, 0.15) is 51.7 Å². The molecular formula is C24H34O5. The number of carboxylic acid groups (broad SMARTS) is 1. The molecule has 2 rings (SSSR count). The molecule has 0 aromatic heterocycles. The number of rotatable bonds is 7. The molecule has 2 aromatic rings. The zero-order valence-corrected chi connectivity index (χ0v) is 17.9. The van der Waals surface area contributed by atoms with Crippen LogP contribution in [0.3, 0.4) is 0 Å². The SMILES string of the molecule is CC(C)O.CC(C)OC(=O)CCc1ccccc1.O=C(O)CCc1ccccc1. The van der Waals surface area contributed by atoms with Crippen molar-refractivity contribution < 1.29 is 24.5 Å². The highest BCUT2D eigenvalue weighted by molar-refractivity contribution is 5.69. The molecule has 5 heteroatoms. The van der Waals surface area contributed by atoms with Gasteiger partial charge in [-0.25, -0.2) is 0 Å². The third-order valence-electron chi connectivity index (χ3n) is 3.30. The third-order valence-corrected chi connectivity index (χ3v) is 3.30. The molecule has 0 aliphatic carbocycles. The van der Waals surface area contributed by atoms with Gasteiger partial charge in [-0.2, -0.15) is 0 Å². The van der Waals surface area contributed by atoms with Crippen molar-refractivity contribution in [2.75, 3.05) is 0 Å². The van der Waals surface area contributed by atoms with E-state index in [-0.39, 0.29) is 24.6 Å². The topological polar surface area (TPSA) is 83.8 Å². The van der Waals surface area contributed by atoms with Crippen LogP contribution in [0, 0.1) is 0 Å². The van der Waals surface area contributed by atoms with E-state index < -0.39 is 5.97 Å². The van der Waals surface area contributed by atoms with Crippen LogP contribution in [-0.2, 0) is 27.2 Å². The van der Waals surface area contributed by atoms with Crippen LogP contribution in [0.15, 0.2) is 60.7 Å². The summed E-state index contributed by atoms with van der Waals surface area (Å²) in [5.41, 5.74) is 2.25. The summed E-state index contributed by atoms with van der Waals surface area (Å²) in [7, 11) is 0. The fraction of sp³-hybridized carbons (Fsp3) is 0.417. The van der Waals surface area contributed by atoms with Crippen molar-refractivity contribution in [1.29, 1.82) is 0 Å². The molecule has 2 N–H and O–H groups in total. The molecule has 5 nitrogen and oxygen atoms in total. The van der Waals surface area contributed by atoms with Gasteiger partial charge in [0.25, 0.3) is 0 Å². The largest absolute Gasteiger partial charge is 0.481 e. The Kier molecular flexibility index (Phi) is 14.8. The summed E-state index contributed by atoms with van der Waals surface area (Å²) < 4.78 is 5.03. The summed E-state index contributed by atoms with van der Waals surface area (Å²) in [4.78, 5) is 21.4. The molecule has 0 atom stereocenters. The first-order chi connectivity index (χ1) is 13.7. The Morgan fingerprint density at radius 3 is 1.52 bits per heavy atom. The lowest BCUT2D eigenvalue weighted by Crippen LogP contribution is -2.11. The van der Waals surface area contributed by atoms with Gasteiger partial charge in [0.15, 0.2) is 0 Å². The Balaban J connectivity index is 0.000000466. The monoisotopic (exact) mass is 402 g/mol. The fourth-order valence-corrected chi connectivity index (χ4v) is 2.11. The number of carboxylic acids is 1. The second-order valence-corrected chi connectivity index (χ2v) is 7.00. The van der Waals surface area contributed by atoms with Crippen molar-refractivity contribution in [3.8, 4) is 0 Å². The smallest absolute Gasteiger partial charge is 0.306 e. The Hall–Kier alpha value is -2.66. The number of benzene rings is 2. The van der Waals surface area contributed by atoms with Crippen LogP contribution in [-0.4, -0.2) is 34.4 Å². The van der Waals surface area contributed by atoms with Gasteiger partial charge in [-0.15, -0.1) is 0 Å². The van der Waals surface area contributed by atoms with Crippen LogP contribution in [0.5, 0.6) is 0 Å². The maximum atomic E-state index is 11.2. The van der Waals surface area contributed by atoms with Crippen LogP contribution >= 0.6 is 0 Å². The summed E-state index contributed by atoms with van der Waals surface area (Å²) >= 11 is 0. The average molecular weight is 403 g/mol. The van der Waals surface area contributed by atoms with Gasteiger partial charge in [-0.3, -0.25) is 9.59 Å². The standard InChI is InChI=1S/C12H16O2.C9H10O2.C3H8O/c1-10(2)14-12(13)9-8-11-6-4-3-5-7-11;10-9(11)7-6-8-4-2-1-3-5-8;1-3(2)4/h3-7,10H,8-9H2,1-2H3;1-5H,6-7H2,(H,10,11);3-4H,1-2H3. The number of ether oxygens (including phenoxy) is 1. The Morgan fingerprint density at radius 2 is 1.17 bits per heavy atom. The second kappa shape index (κ2) is 16.3. The number of aryl methyl sites for hydroxylation is 2. The second-order valence-electron chi connectivity index (χ2n) is 7.00. The highest BCUT2D eigenvalue weighted by Crippen LogP contribution is 2.04. The average Bonchev–Trinajstić information content (AvgIpc) is 2.66. The van der Waals surface area contributed by atoms with E-state index in [1.54, 1.807) is 13.8 Å². The number of hydrogen-bond acceptors (Lipinski definition) is 4. The summed E-state index contributed by atoms with van der Waals surface area (Å²) in [5.74, 6) is -0.863. The van der Waals surface area contributed by atoms with Gasteiger partial charge in [0.05, 0.1) is 6.10 Å². The molecule has 0 aliphatic rings. The van der Waals surface area contributed by atoms with E-state index in [1.807, 2.05) is 74.5 Å². The van der Waals surface area contributed by atoms with Gasteiger partial charge in [0, 0.05) is 18.9 Å². The number of aliphatic hydroxyl groups excluding tert-OH is 1. The molecule has 0 aliphatic heterocycles. The highest BCUT2D eigenvalue weighted by atomic mass is 16.5. The molecule has 29 heavy (non-hydrogen) atoms. The summed E-state index contributed by atoms with van der Waals surface area (Å²) in [6, 6.07) is 19.6. The fourth-order valence-electron chi connectivity index (χ4n) is 2.11. The van der Waals surface area contributed by atoms with Crippen LogP contribution < -0.4 is 0 Å². The first kappa shape index (κ1) is 26.3. The van der Waals surface area contributed by atoms with Gasteiger partial charge < -0.3 is 14.9 Å². The predicted molar refractivity (Wildman–Crippen MR) is 116 cm³/mol. The molecule has 0 radical (unpaired) electrons. The first-order valence-electron chi connectivity index (χ1n) is 9.87. The van der Waals surface area contributed by atoms with Crippen LogP contribution in [0.2, 0.25) is 0 Å². The normalized spacial score (nSPS) is 9.76. The zero-order chi connectivity index (χ0) is 22.1. The van der Waals surface area contributed by atoms with Gasteiger partial charge in [0.1, 0.15) is 0 Å². The van der Waals surface area contributed by atoms with Gasteiger partial charge in [0.2, 0.25) is 0 Å². The first-order valence-corrected chi connectivity index (χ1v) is 9.87. The van der Waals surface area contributed by atoms with Crippen molar-refractivity contribution in [3.63, 3.8) is 0 Å². The number of carbonyl (C=O) groups excluding carboxylic acids is 1. The van der Waals surface area contributed by atoms with E-state index in [2.05, 4.69) is 0 Å². The summed E-state index contributed by atoms with van der Waals surface area (Å²) in [6.07, 6.45) is 1.87. The van der Waals surface area contributed by atoms with E-state index in [1.165, 1.54) is 5.56 Å². The minimum atomic E-state index is -0.742. The van der Waals surface area contributed by atoms with Gasteiger partial charge in [-0.1, -0.05) is 60.7 Å². The lowest BCUT2D eigenvalue weighted by atomic mass is 10.1. The molecule has 0 spiro atoms. The number of esters is 1. The zero-order valence-electron chi connectivity index (χ0n) is 17.9. The molecule has 0 saturated carbocycles. The number of aliphatic hydroxyl groups is 1. The van der Waals surface area contributed by atoms with E-state index in [9.17, 15) is 9.59 Å². The summed E-state index contributed by atoms with van der Waals surface area (Å²) in [5, 5.41) is 16.4. The summed E-state index contributed by atoms with van der Waals surface area (Å²) in [6.45, 7) is 7.17. The van der Waals surface area contributed by atoms with Gasteiger partial charge in [-0.05, 0) is 51.7 Å². The minimum Gasteiger partial charge on any atom is -0.481 e. The molecule has 160 valence electrons. The number of carbonyl (C=O) groups is 2. The van der Waals surface area contributed by atoms with Crippen molar-refractivity contribution >= 4 is 11.9 Å². The van der Waals surface area contributed by atoms with Crippen molar-refractivity contribution in [3.05, 3.63) is 71.8 Å². The van der Waals surface area contributed by atoms with E-state index >= 15 is 0 Å². The van der Waals surface area contributed by atoms with Gasteiger partial charge >= 0.3 is 11.9 Å². The van der Waals surface area contributed by atoms with Crippen molar-refractivity contribution in [2.24, 2.45) is 0 Å². The molecular weight excluding hydrogens is 368 g/mol. The van der Waals surface area contributed by atoms with Crippen LogP contribution in [0.4, 0.5) is 0 Å². The lowest BCUT2D eigenvalue weighted by Gasteiger charge is -2.07. The quantitative estimate of drug-likeness (QED) is 0.658.